The minimum absolute atomic E-state index is 0.245. The van der Waals surface area contributed by atoms with E-state index in [1.54, 1.807) is 12.1 Å². The number of benzene rings is 4. The lowest BCUT2D eigenvalue weighted by Gasteiger charge is -2.31. The Bertz CT molecular complexity index is 1670. The molecule has 5 rings (SSSR count). The van der Waals surface area contributed by atoms with Crippen LogP contribution in [-0.2, 0) is 11.2 Å². The molecule has 4 N–H and O–H groups in total. The van der Waals surface area contributed by atoms with Gasteiger partial charge in [-0.05, 0) is 90.0 Å². The van der Waals surface area contributed by atoms with Gasteiger partial charge in [-0.25, -0.2) is 0 Å². The molecule has 0 aromatic heterocycles. The fourth-order valence-electron chi connectivity index (χ4n) is 4.88. The second-order valence-corrected chi connectivity index (χ2v) is 12.7. The van der Waals surface area contributed by atoms with Crippen LogP contribution in [0, 0.1) is 0 Å². The van der Waals surface area contributed by atoms with Gasteiger partial charge in [0.15, 0.2) is 4.90 Å². The van der Waals surface area contributed by atoms with Crippen LogP contribution >= 0.6 is 23.5 Å². The molecule has 0 bridgehead atoms. The van der Waals surface area contributed by atoms with Crippen molar-refractivity contribution < 1.29 is 27.6 Å². The number of hydrogen-bond donors (Lipinski definition) is 3. The van der Waals surface area contributed by atoms with E-state index in [-0.39, 0.29) is 16.3 Å². The predicted molar refractivity (Wildman–Crippen MR) is 171 cm³/mol. The smallest absolute Gasteiger partial charge is 0.578 e. The van der Waals surface area contributed by atoms with Crippen LogP contribution in [0.25, 0.3) is 16.9 Å². The lowest BCUT2D eigenvalue weighted by Crippen LogP contribution is -2.31. The average Bonchev–Trinajstić information content (AvgIpc) is 3.03. The first-order chi connectivity index (χ1) is 21.0. The molecule has 1 aliphatic heterocycles. The number of nitrogens with two attached hydrogens (primary N) is 1. The van der Waals surface area contributed by atoms with Crippen LogP contribution in [0.5, 0.6) is 0 Å². The number of hydrogen-bond acceptors (Lipinski definition) is 6. The molecule has 0 spiro atoms. The Hall–Kier alpha value is -3.77. The van der Waals surface area contributed by atoms with Crippen molar-refractivity contribution in [3.05, 3.63) is 113 Å². The largest absolute Gasteiger partial charge is 0.604 e. The van der Waals surface area contributed by atoms with Gasteiger partial charge in [0.25, 0.3) is 5.91 Å². The maximum absolute atomic E-state index is 12.9. The molecule has 1 saturated heterocycles. The van der Waals surface area contributed by atoms with Crippen LogP contribution < -0.4 is 15.4 Å². The van der Waals surface area contributed by atoms with Gasteiger partial charge < -0.3 is 20.3 Å². The topological polar surface area (TPSA) is 102 Å². The van der Waals surface area contributed by atoms with Gasteiger partial charge in [0.1, 0.15) is 16.9 Å². The summed E-state index contributed by atoms with van der Waals surface area (Å²) in [5.74, 6) is -0.150. The third kappa shape index (κ3) is 7.29. The van der Waals surface area contributed by atoms with Crippen LogP contribution in [-0.4, -0.2) is 34.2 Å². The number of nitrogens with one attached hydrogen (secondary N) is 1. The van der Waals surface area contributed by atoms with E-state index in [4.69, 9.17) is 17.3 Å². The fraction of sp³-hybridized carbons (Fsp3) is 0.156. The highest BCUT2D eigenvalue weighted by atomic mass is 35.5. The SMILES string of the molecule is Nc1ccc(SNC(=O)c2ccc(N3CCC(=C(O)c4ccccc4-c4ccc(Cl)cc4)CC3)cc2)cc1[S+]([O-])C(F)(F)F. The van der Waals surface area contributed by atoms with E-state index in [1.807, 2.05) is 60.7 Å². The van der Waals surface area contributed by atoms with Crippen LogP contribution in [0.1, 0.15) is 28.8 Å². The summed E-state index contributed by atoms with van der Waals surface area (Å²) >= 11 is 3.58. The normalized spacial score (nSPS) is 14.3. The van der Waals surface area contributed by atoms with E-state index in [2.05, 4.69) is 9.62 Å². The second-order valence-electron chi connectivity index (χ2n) is 9.99. The summed E-state index contributed by atoms with van der Waals surface area (Å²) in [5.41, 5.74) is 5.32. The summed E-state index contributed by atoms with van der Waals surface area (Å²) in [6.45, 7) is 1.37. The molecule has 0 radical (unpaired) electrons. The van der Waals surface area contributed by atoms with E-state index in [0.29, 0.717) is 36.5 Å². The van der Waals surface area contributed by atoms with Gasteiger partial charge in [0.2, 0.25) is 0 Å². The van der Waals surface area contributed by atoms with E-state index < -0.39 is 27.5 Å². The van der Waals surface area contributed by atoms with E-state index in [9.17, 15) is 27.6 Å². The van der Waals surface area contributed by atoms with E-state index >= 15 is 0 Å². The first-order valence-corrected chi connectivity index (χ1v) is 15.8. The van der Waals surface area contributed by atoms with E-state index in [0.717, 1.165) is 46.0 Å². The quantitative estimate of drug-likeness (QED) is 0.0801. The Labute approximate surface area is 265 Å². The van der Waals surface area contributed by atoms with Crippen molar-refractivity contribution in [2.45, 2.75) is 28.1 Å². The number of anilines is 2. The number of aliphatic hydroxyl groups excluding tert-OH is 1. The van der Waals surface area contributed by atoms with Gasteiger partial charge in [0, 0.05) is 45.9 Å². The molecular formula is C32H27ClF3N3O3S2. The molecule has 1 amide bonds. The minimum atomic E-state index is -4.95. The van der Waals surface area contributed by atoms with Gasteiger partial charge in [-0.15, -0.1) is 13.2 Å². The number of aliphatic hydroxyl groups is 1. The maximum atomic E-state index is 12.9. The molecule has 0 aliphatic carbocycles. The maximum Gasteiger partial charge on any atom is 0.578 e. The molecule has 4 aromatic rings. The van der Waals surface area contributed by atoms with Gasteiger partial charge in [0.05, 0.1) is 5.69 Å². The van der Waals surface area contributed by atoms with Crippen molar-refractivity contribution in [2.24, 2.45) is 0 Å². The molecule has 12 heteroatoms. The number of piperidine rings is 1. The molecule has 0 saturated carbocycles. The van der Waals surface area contributed by atoms with Crippen molar-refractivity contribution >= 4 is 57.8 Å². The van der Waals surface area contributed by atoms with Crippen LogP contribution in [0.4, 0.5) is 24.5 Å². The molecule has 1 unspecified atom stereocenters. The van der Waals surface area contributed by atoms with Crippen molar-refractivity contribution in [2.75, 3.05) is 23.7 Å². The van der Waals surface area contributed by atoms with Crippen LogP contribution in [0.3, 0.4) is 0 Å². The summed E-state index contributed by atoms with van der Waals surface area (Å²) in [7, 11) is 0. The van der Waals surface area contributed by atoms with Gasteiger partial charge in [-0.2, -0.15) is 0 Å². The number of nitrogens with zero attached hydrogens (tertiary/aromatic N) is 1. The summed E-state index contributed by atoms with van der Waals surface area (Å²) < 4.78 is 53.0. The Kier molecular flexibility index (Phi) is 9.69. The van der Waals surface area contributed by atoms with Gasteiger partial charge in [-0.3, -0.25) is 9.52 Å². The number of nitrogen functional groups attached to an aromatic ring is 1. The van der Waals surface area contributed by atoms with Crippen LogP contribution in [0.2, 0.25) is 5.02 Å². The summed E-state index contributed by atoms with van der Waals surface area (Å²) in [4.78, 5) is 14.6. The number of amides is 1. The molecule has 228 valence electrons. The highest BCUT2D eigenvalue weighted by Gasteiger charge is 2.47. The average molecular weight is 658 g/mol. The zero-order chi connectivity index (χ0) is 31.4. The molecule has 4 aromatic carbocycles. The molecule has 1 atom stereocenters. The lowest BCUT2D eigenvalue weighted by molar-refractivity contribution is -0.0435. The zero-order valence-corrected chi connectivity index (χ0v) is 25.5. The fourth-order valence-corrected chi connectivity index (χ4v) is 6.49. The highest BCUT2D eigenvalue weighted by molar-refractivity contribution is 7.98. The predicted octanol–water partition coefficient (Wildman–Crippen LogP) is 8.22. The van der Waals surface area contributed by atoms with Gasteiger partial charge in [-0.1, -0.05) is 48.0 Å². The van der Waals surface area contributed by atoms with E-state index in [1.165, 1.54) is 12.1 Å². The first kappa shape index (κ1) is 31.6. The number of alkyl halides is 3. The molecule has 6 nitrogen and oxygen atoms in total. The van der Waals surface area contributed by atoms with Crippen molar-refractivity contribution in [3.63, 3.8) is 0 Å². The monoisotopic (exact) mass is 657 g/mol. The Balaban J connectivity index is 1.20. The second kappa shape index (κ2) is 13.5. The highest BCUT2D eigenvalue weighted by Crippen LogP contribution is 2.36. The Morgan fingerprint density at radius 3 is 2.30 bits per heavy atom. The molecular weight excluding hydrogens is 631 g/mol. The molecule has 1 aliphatic rings. The van der Waals surface area contributed by atoms with Crippen molar-refractivity contribution in [3.8, 4) is 11.1 Å². The number of halogens is 4. The molecule has 1 heterocycles. The summed E-state index contributed by atoms with van der Waals surface area (Å²) in [6.07, 6.45) is 1.34. The van der Waals surface area contributed by atoms with Crippen molar-refractivity contribution in [1.29, 1.82) is 0 Å². The first-order valence-electron chi connectivity index (χ1n) is 13.5. The lowest BCUT2D eigenvalue weighted by atomic mass is 9.93. The Morgan fingerprint density at radius 2 is 1.64 bits per heavy atom. The Morgan fingerprint density at radius 1 is 0.977 bits per heavy atom. The third-order valence-corrected chi connectivity index (χ3v) is 9.39. The van der Waals surface area contributed by atoms with Gasteiger partial charge >= 0.3 is 5.51 Å². The molecule has 1 fully saturated rings. The summed E-state index contributed by atoms with van der Waals surface area (Å²) in [6, 6.07) is 26.0. The molecule has 44 heavy (non-hydrogen) atoms. The minimum Gasteiger partial charge on any atom is -0.604 e. The number of rotatable bonds is 7. The summed E-state index contributed by atoms with van der Waals surface area (Å²) in [5, 5.41) is 11.9. The number of carbonyl (C=O) groups is 1. The zero-order valence-electron chi connectivity index (χ0n) is 23.1. The van der Waals surface area contributed by atoms with Crippen LogP contribution in [0.15, 0.2) is 106 Å². The number of carbonyl (C=O) groups excluding carboxylic acids is 1. The standard InChI is InChI=1S/C32H27ClF3N3O3S2/c33-23-9-5-20(6-10-23)26-3-1-2-4-27(26)30(40)21-15-17-39(18-16-21)24-11-7-22(8-12-24)31(41)38-43-25-13-14-28(37)29(19-25)44(42)32(34,35)36/h1-14,19,40H,15-18,37H2,(H,38,41). The third-order valence-electron chi connectivity index (χ3n) is 7.19. The van der Waals surface area contributed by atoms with Crippen molar-refractivity contribution in [1.82, 2.24) is 4.72 Å².